The Kier molecular flexibility index (Phi) is 5.45. The molecule has 3 rings (SSSR count). The van der Waals surface area contributed by atoms with Gasteiger partial charge in [0.1, 0.15) is 5.82 Å². The Balaban J connectivity index is 1.87. The van der Waals surface area contributed by atoms with Crippen molar-refractivity contribution in [3.63, 3.8) is 0 Å². The van der Waals surface area contributed by atoms with Gasteiger partial charge in [-0.3, -0.25) is 4.79 Å². The SMILES string of the molecule is N#Cc1cccc(C(=O)N(Cc2ccc(F)cc2)C2CCCCC2)c1. The number of benzene rings is 2. The molecular weight excluding hydrogens is 315 g/mol. The summed E-state index contributed by atoms with van der Waals surface area (Å²) in [7, 11) is 0. The molecule has 0 spiro atoms. The Bertz CT molecular complexity index is 773. The van der Waals surface area contributed by atoms with Crippen molar-refractivity contribution < 1.29 is 9.18 Å². The van der Waals surface area contributed by atoms with Crippen molar-refractivity contribution in [3.8, 4) is 6.07 Å². The molecule has 3 nitrogen and oxygen atoms in total. The van der Waals surface area contributed by atoms with Gasteiger partial charge >= 0.3 is 0 Å². The van der Waals surface area contributed by atoms with Crippen molar-refractivity contribution >= 4 is 5.91 Å². The topological polar surface area (TPSA) is 44.1 Å². The molecule has 1 saturated carbocycles. The highest BCUT2D eigenvalue weighted by molar-refractivity contribution is 5.94. The first kappa shape index (κ1) is 17.2. The van der Waals surface area contributed by atoms with Crippen LogP contribution >= 0.6 is 0 Å². The van der Waals surface area contributed by atoms with E-state index in [-0.39, 0.29) is 17.8 Å². The standard InChI is InChI=1S/C21H21FN2O/c22-19-11-9-16(10-12-19)15-24(20-7-2-1-3-8-20)21(25)18-6-4-5-17(13-18)14-23/h4-6,9-13,20H,1-3,7-8,15H2. The van der Waals surface area contributed by atoms with Crippen LogP contribution in [0.4, 0.5) is 4.39 Å². The minimum absolute atomic E-state index is 0.0617. The zero-order chi connectivity index (χ0) is 17.6. The fraction of sp³-hybridized carbons (Fsp3) is 0.333. The van der Waals surface area contributed by atoms with Crippen LogP contribution in [-0.4, -0.2) is 16.8 Å². The van der Waals surface area contributed by atoms with E-state index in [2.05, 4.69) is 6.07 Å². The number of hydrogen-bond donors (Lipinski definition) is 0. The highest BCUT2D eigenvalue weighted by Gasteiger charge is 2.26. The Morgan fingerprint density at radius 3 is 2.52 bits per heavy atom. The van der Waals surface area contributed by atoms with Gasteiger partial charge in [0.2, 0.25) is 0 Å². The first-order valence-electron chi connectivity index (χ1n) is 8.73. The van der Waals surface area contributed by atoms with Crippen molar-refractivity contribution in [2.75, 3.05) is 0 Å². The summed E-state index contributed by atoms with van der Waals surface area (Å²) in [4.78, 5) is 15.0. The summed E-state index contributed by atoms with van der Waals surface area (Å²) in [6.07, 6.45) is 5.43. The second kappa shape index (κ2) is 7.94. The number of rotatable bonds is 4. The van der Waals surface area contributed by atoms with Gasteiger partial charge in [0.15, 0.2) is 0 Å². The Hall–Kier alpha value is -2.67. The molecule has 128 valence electrons. The Labute approximate surface area is 147 Å². The Morgan fingerprint density at radius 2 is 1.84 bits per heavy atom. The average molecular weight is 336 g/mol. The monoisotopic (exact) mass is 336 g/mol. The van der Waals surface area contributed by atoms with Gasteiger partial charge in [-0.15, -0.1) is 0 Å². The van der Waals surface area contributed by atoms with E-state index in [4.69, 9.17) is 5.26 Å². The van der Waals surface area contributed by atoms with Crippen LogP contribution in [0.1, 0.15) is 53.6 Å². The number of halogens is 1. The molecule has 1 amide bonds. The molecule has 0 saturated heterocycles. The lowest BCUT2D eigenvalue weighted by atomic mass is 9.93. The molecule has 1 fully saturated rings. The summed E-state index contributed by atoms with van der Waals surface area (Å²) in [5.74, 6) is -0.339. The summed E-state index contributed by atoms with van der Waals surface area (Å²) < 4.78 is 13.2. The van der Waals surface area contributed by atoms with E-state index in [0.717, 1.165) is 31.2 Å². The minimum Gasteiger partial charge on any atom is -0.331 e. The van der Waals surface area contributed by atoms with Crippen LogP contribution in [0.5, 0.6) is 0 Å². The molecule has 1 aliphatic carbocycles. The van der Waals surface area contributed by atoms with E-state index >= 15 is 0 Å². The highest BCUT2D eigenvalue weighted by atomic mass is 19.1. The van der Waals surface area contributed by atoms with Crippen LogP contribution < -0.4 is 0 Å². The molecule has 0 aliphatic heterocycles. The third-order valence-electron chi connectivity index (χ3n) is 4.78. The number of carbonyl (C=O) groups excluding carboxylic acids is 1. The fourth-order valence-corrected chi connectivity index (χ4v) is 3.43. The van der Waals surface area contributed by atoms with Gasteiger partial charge in [-0.2, -0.15) is 5.26 Å². The first-order chi connectivity index (χ1) is 12.2. The lowest BCUT2D eigenvalue weighted by Crippen LogP contribution is -2.41. The van der Waals surface area contributed by atoms with Gasteiger partial charge in [-0.05, 0) is 48.7 Å². The molecule has 0 unspecified atom stereocenters. The number of hydrogen-bond acceptors (Lipinski definition) is 2. The van der Waals surface area contributed by atoms with Crippen LogP contribution in [0.25, 0.3) is 0 Å². The maximum absolute atomic E-state index is 13.2. The van der Waals surface area contributed by atoms with E-state index in [1.54, 1.807) is 36.4 Å². The fourth-order valence-electron chi connectivity index (χ4n) is 3.43. The van der Waals surface area contributed by atoms with E-state index in [1.165, 1.54) is 18.6 Å². The van der Waals surface area contributed by atoms with Crippen LogP contribution in [0.3, 0.4) is 0 Å². The molecule has 0 atom stereocenters. The molecule has 0 bridgehead atoms. The molecule has 2 aromatic rings. The van der Waals surface area contributed by atoms with Crippen LogP contribution in [0.2, 0.25) is 0 Å². The van der Waals surface area contributed by atoms with Gasteiger partial charge in [0.25, 0.3) is 5.91 Å². The number of amides is 1. The molecule has 2 aromatic carbocycles. The minimum atomic E-state index is -0.277. The van der Waals surface area contributed by atoms with Gasteiger partial charge < -0.3 is 4.90 Å². The van der Waals surface area contributed by atoms with Crippen molar-refractivity contribution in [3.05, 3.63) is 71.0 Å². The van der Waals surface area contributed by atoms with Crippen LogP contribution in [0.15, 0.2) is 48.5 Å². The number of nitriles is 1. The van der Waals surface area contributed by atoms with Gasteiger partial charge in [0, 0.05) is 18.2 Å². The maximum atomic E-state index is 13.2. The van der Waals surface area contributed by atoms with Crippen molar-refractivity contribution in [2.24, 2.45) is 0 Å². The van der Waals surface area contributed by atoms with E-state index in [0.29, 0.717) is 17.7 Å². The maximum Gasteiger partial charge on any atom is 0.254 e. The zero-order valence-corrected chi connectivity index (χ0v) is 14.1. The van der Waals surface area contributed by atoms with Crippen molar-refractivity contribution in [2.45, 2.75) is 44.7 Å². The van der Waals surface area contributed by atoms with E-state index < -0.39 is 0 Å². The second-order valence-electron chi connectivity index (χ2n) is 6.54. The third-order valence-corrected chi connectivity index (χ3v) is 4.78. The van der Waals surface area contributed by atoms with Crippen LogP contribution in [-0.2, 0) is 6.54 Å². The zero-order valence-electron chi connectivity index (χ0n) is 14.1. The first-order valence-corrected chi connectivity index (χ1v) is 8.73. The van der Waals surface area contributed by atoms with E-state index in [1.807, 2.05) is 4.90 Å². The quantitative estimate of drug-likeness (QED) is 0.814. The highest BCUT2D eigenvalue weighted by Crippen LogP contribution is 2.26. The number of nitrogens with zero attached hydrogens (tertiary/aromatic N) is 2. The predicted molar refractivity (Wildman–Crippen MR) is 94.3 cm³/mol. The second-order valence-corrected chi connectivity index (χ2v) is 6.54. The normalized spacial score (nSPS) is 14.7. The predicted octanol–water partition coefficient (Wildman–Crippen LogP) is 4.67. The molecule has 4 heteroatoms. The molecule has 0 radical (unpaired) electrons. The lowest BCUT2D eigenvalue weighted by molar-refractivity contribution is 0.0614. The third kappa shape index (κ3) is 4.24. The molecule has 0 aromatic heterocycles. The summed E-state index contributed by atoms with van der Waals surface area (Å²) in [5, 5.41) is 9.08. The largest absolute Gasteiger partial charge is 0.331 e. The van der Waals surface area contributed by atoms with E-state index in [9.17, 15) is 9.18 Å². The van der Waals surface area contributed by atoms with Crippen LogP contribution in [0, 0.1) is 17.1 Å². The number of carbonyl (C=O) groups is 1. The molecule has 0 heterocycles. The van der Waals surface area contributed by atoms with Gasteiger partial charge in [-0.25, -0.2) is 4.39 Å². The summed E-state index contributed by atoms with van der Waals surface area (Å²) in [6, 6.07) is 15.4. The Morgan fingerprint density at radius 1 is 1.12 bits per heavy atom. The lowest BCUT2D eigenvalue weighted by Gasteiger charge is -2.34. The smallest absolute Gasteiger partial charge is 0.254 e. The summed E-state index contributed by atoms with van der Waals surface area (Å²) in [6.45, 7) is 0.459. The molecule has 25 heavy (non-hydrogen) atoms. The average Bonchev–Trinajstić information content (AvgIpc) is 2.67. The summed E-state index contributed by atoms with van der Waals surface area (Å²) in [5.41, 5.74) is 1.93. The molecule has 0 N–H and O–H groups in total. The van der Waals surface area contributed by atoms with Crippen molar-refractivity contribution in [1.82, 2.24) is 4.90 Å². The van der Waals surface area contributed by atoms with Gasteiger partial charge in [0.05, 0.1) is 11.6 Å². The molecular formula is C21H21FN2O. The van der Waals surface area contributed by atoms with Gasteiger partial charge in [-0.1, -0.05) is 37.5 Å². The van der Waals surface area contributed by atoms with Crippen molar-refractivity contribution in [1.29, 1.82) is 5.26 Å². The molecule has 1 aliphatic rings. The summed E-state index contributed by atoms with van der Waals surface area (Å²) >= 11 is 0.